The number of anilines is 2. The van der Waals surface area contributed by atoms with Gasteiger partial charge in [0.25, 0.3) is 0 Å². The van der Waals surface area contributed by atoms with Crippen molar-refractivity contribution in [2.24, 2.45) is 5.41 Å². The molecule has 1 aromatic carbocycles. The van der Waals surface area contributed by atoms with Gasteiger partial charge >= 0.3 is 0 Å². The molecule has 1 fully saturated rings. The highest BCUT2D eigenvalue weighted by atomic mass is 16.3. The van der Waals surface area contributed by atoms with Gasteiger partial charge in [0.1, 0.15) is 5.75 Å². The van der Waals surface area contributed by atoms with Crippen LogP contribution in [0.1, 0.15) is 39.0 Å². The van der Waals surface area contributed by atoms with Crippen LogP contribution in [-0.4, -0.2) is 11.0 Å². The van der Waals surface area contributed by atoms with Crippen molar-refractivity contribution in [2.75, 3.05) is 11.1 Å². The minimum Gasteiger partial charge on any atom is -0.508 e. The molecule has 2 rings (SSSR count). The number of phenols is 1. The van der Waals surface area contributed by atoms with Crippen LogP contribution >= 0.6 is 0 Å². The first kappa shape index (κ1) is 12.7. The molecule has 4 N–H and O–H groups in total. The first-order chi connectivity index (χ1) is 8.51. The van der Waals surface area contributed by atoms with Crippen LogP contribution in [0.15, 0.2) is 18.2 Å². The third kappa shape index (κ3) is 2.58. The van der Waals surface area contributed by atoms with Crippen LogP contribution in [0, 0.1) is 5.41 Å². The van der Waals surface area contributed by atoms with Gasteiger partial charge in [0.2, 0.25) is 5.91 Å². The fraction of sp³-hybridized carbons (Fsp3) is 0.500. The molecule has 18 heavy (non-hydrogen) atoms. The maximum atomic E-state index is 12.3. The summed E-state index contributed by atoms with van der Waals surface area (Å²) < 4.78 is 0. The molecular formula is C14H20N2O2. The van der Waals surface area contributed by atoms with E-state index in [0.717, 1.165) is 25.7 Å². The zero-order chi connectivity index (χ0) is 13.2. The minimum atomic E-state index is -0.289. The summed E-state index contributed by atoms with van der Waals surface area (Å²) >= 11 is 0. The molecule has 1 aromatic rings. The molecule has 1 amide bonds. The molecule has 0 atom stereocenters. The van der Waals surface area contributed by atoms with E-state index in [-0.39, 0.29) is 17.1 Å². The Labute approximate surface area is 107 Å². The number of phenolic OH excluding ortho intramolecular Hbond substituents is 1. The lowest BCUT2D eigenvalue weighted by atomic mass is 9.75. The van der Waals surface area contributed by atoms with Gasteiger partial charge in [0, 0.05) is 11.5 Å². The van der Waals surface area contributed by atoms with Crippen molar-refractivity contribution >= 4 is 17.3 Å². The Kier molecular flexibility index (Phi) is 3.45. The molecule has 0 heterocycles. The van der Waals surface area contributed by atoms with Crippen LogP contribution in [0.4, 0.5) is 11.4 Å². The number of hydrogen-bond donors (Lipinski definition) is 3. The highest BCUT2D eigenvalue weighted by Gasteiger charge is 2.34. The second kappa shape index (κ2) is 4.88. The number of hydrogen-bond acceptors (Lipinski definition) is 3. The number of nitrogens with two attached hydrogens (primary N) is 1. The summed E-state index contributed by atoms with van der Waals surface area (Å²) in [5.74, 6) is 0.133. The molecule has 0 saturated heterocycles. The largest absolute Gasteiger partial charge is 0.508 e. The van der Waals surface area contributed by atoms with Crippen molar-refractivity contribution in [3.05, 3.63) is 18.2 Å². The maximum Gasteiger partial charge on any atom is 0.230 e. The molecule has 0 spiro atoms. The average Bonchev–Trinajstić information content (AvgIpc) is 2.33. The summed E-state index contributed by atoms with van der Waals surface area (Å²) in [4.78, 5) is 12.3. The number of nitrogen functional groups attached to an aromatic ring is 1. The second-order valence-corrected chi connectivity index (χ2v) is 5.35. The van der Waals surface area contributed by atoms with Crippen molar-refractivity contribution in [3.8, 4) is 5.75 Å². The number of carbonyl (C=O) groups excluding carboxylic acids is 1. The van der Waals surface area contributed by atoms with E-state index in [1.165, 1.54) is 18.6 Å². The van der Waals surface area contributed by atoms with Crippen LogP contribution in [-0.2, 0) is 4.79 Å². The molecule has 0 radical (unpaired) electrons. The number of benzene rings is 1. The van der Waals surface area contributed by atoms with Gasteiger partial charge in [-0.2, -0.15) is 0 Å². The quantitative estimate of drug-likeness (QED) is 0.556. The fourth-order valence-electron chi connectivity index (χ4n) is 2.50. The van der Waals surface area contributed by atoms with Gasteiger partial charge in [-0.1, -0.05) is 26.2 Å². The number of aromatic hydroxyl groups is 1. The molecule has 1 aliphatic carbocycles. The van der Waals surface area contributed by atoms with E-state index in [2.05, 4.69) is 5.32 Å². The van der Waals surface area contributed by atoms with Crippen LogP contribution in [0.25, 0.3) is 0 Å². The van der Waals surface area contributed by atoms with Gasteiger partial charge in [-0.3, -0.25) is 4.79 Å². The smallest absolute Gasteiger partial charge is 0.230 e. The van der Waals surface area contributed by atoms with Crippen LogP contribution in [0.2, 0.25) is 0 Å². The van der Waals surface area contributed by atoms with E-state index in [4.69, 9.17) is 5.73 Å². The molecule has 0 unspecified atom stereocenters. The Morgan fingerprint density at radius 1 is 1.33 bits per heavy atom. The third-order valence-electron chi connectivity index (χ3n) is 3.79. The lowest BCUT2D eigenvalue weighted by Gasteiger charge is -2.32. The van der Waals surface area contributed by atoms with E-state index < -0.39 is 0 Å². The van der Waals surface area contributed by atoms with Crippen molar-refractivity contribution in [1.82, 2.24) is 0 Å². The molecule has 0 aromatic heterocycles. The van der Waals surface area contributed by atoms with Gasteiger partial charge in [0.05, 0.1) is 11.4 Å². The summed E-state index contributed by atoms with van der Waals surface area (Å²) in [5.41, 5.74) is 6.44. The normalized spacial score (nSPS) is 18.3. The monoisotopic (exact) mass is 248 g/mol. The van der Waals surface area contributed by atoms with Gasteiger partial charge < -0.3 is 16.2 Å². The van der Waals surface area contributed by atoms with Gasteiger partial charge in [-0.25, -0.2) is 0 Å². The molecule has 4 heteroatoms. The molecule has 98 valence electrons. The number of rotatable bonds is 2. The lowest BCUT2D eigenvalue weighted by Crippen LogP contribution is -2.35. The standard InChI is InChI=1S/C14H20N2O2/c1-14(7-3-2-4-8-14)13(18)16-12-6-5-10(17)9-11(12)15/h5-6,9,17H,2-4,7-8,15H2,1H3,(H,16,18). The van der Waals surface area contributed by atoms with Crippen molar-refractivity contribution in [2.45, 2.75) is 39.0 Å². The predicted octanol–water partition coefficient (Wildman–Crippen LogP) is 2.88. The predicted molar refractivity (Wildman–Crippen MR) is 72.3 cm³/mol. The van der Waals surface area contributed by atoms with Crippen LogP contribution < -0.4 is 11.1 Å². The van der Waals surface area contributed by atoms with E-state index in [9.17, 15) is 9.90 Å². The van der Waals surface area contributed by atoms with Crippen LogP contribution in [0.5, 0.6) is 5.75 Å². The minimum absolute atomic E-state index is 0.0274. The van der Waals surface area contributed by atoms with Crippen LogP contribution in [0.3, 0.4) is 0 Å². The topological polar surface area (TPSA) is 75.3 Å². The van der Waals surface area contributed by atoms with E-state index in [1.807, 2.05) is 6.92 Å². The summed E-state index contributed by atoms with van der Waals surface area (Å²) in [6.07, 6.45) is 5.28. The highest BCUT2D eigenvalue weighted by Crippen LogP contribution is 2.37. The Balaban J connectivity index is 2.11. The number of nitrogens with one attached hydrogen (secondary N) is 1. The summed E-state index contributed by atoms with van der Waals surface area (Å²) in [5, 5.41) is 12.2. The SMILES string of the molecule is CC1(C(=O)Nc2ccc(O)cc2N)CCCCC1. The zero-order valence-electron chi connectivity index (χ0n) is 10.7. The van der Waals surface area contributed by atoms with E-state index >= 15 is 0 Å². The van der Waals surface area contributed by atoms with Gasteiger partial charge in [0.15, 0.2) is 0 Å². The first-order valence-corrected chi connectivity index (χ1v) is 6.41. The Morgan fingerprint density at radius 2 is 2.00 bits per heavy atom. The molecule has 1 saturated carbocycles. The highest BCUT2D eigenvalue weighted by molar-refractivity contribution is 5.97. The van der Waals surface area contributed by atoms with Gasteiger partial charge in [-0.05, 0) is 25.0 Å². The maximum absolute atomic E-state index is 12.3. The number of carbonyl (C=O) groups is 1. The fourth-order valence-corrected chi connectivity index (χ4v) is 2.50. The second-order valence-electron chi connectivity index (χ2n) is 5.35. The lowest BCUT2D eigenvalue weighted by molar-refractivity contribution is -0.126. The summed E-state index contributed by atoms with van der Waals surface area (Å²) in [6.45, 7) is 2.01. The Hall–Kier alpha value is -1.71. The molecule has 1 aliphatic rings. The van der Waals surface area contributed by atoms with E-state index in [0.29, 0.717) is 11.4 Å². The molecular weight excluding hydrogens is 228 g/mol. The van der Waals surface area contributed by atoms with Crippen molar-refractivity contribution < 1.29 is 9.90 Å². The van der Waals surface area contributed by atoms with Gasteiger partial charge in [-0.15, -0.1) is 0 Å². The van der Waals surface area contributed by atoms with E-state index in [1.54, 1.807) is 6.07 Å². The molecule has 0 bridgehead atoms. The summed E-state index contributed by atoms with van der Waals surface area (Å²) in [7, 11) is 0. The number of amides is 1. The first-order valence-electron chi connectivity index (χ1n) is 6.41. The Morgan fingerprint density at radius 3 is 2.61 bits per heavy atom. The third-order valence-corrected chi connectivity index (χ3v) is 3.79. The van der Waals surface area contributed by atoms with Crippen molar-refractivity contribution in [3.63, 3.8) is 0 Å². The molecule has 4 nitrogen and oxygen atoms in total. The summed E-state index contributed by atoms with van der Waals surface area (Å²) in [6, 6.07) is 4.60. The Bertz CT molecular complexity index is 451. The molecule has 0 aliphatic heterocycles. The average molecular weight is 248 g/mol. The van der Waals surface area contributed by atoms with Crippen molar-refractivity contribution in [1.29, 1.82) is 0 Å². The zero-order valence-corrected chi connectivity index (χ0v) is 10.7.